The van der Waals surface area contributed by atoms with Crippen LogP contribution < -0.4 is 5.32 Å². The maximum atomic E-state index is 11.1. The van der Waals surface area contributed by atoms with Gasteiger partial charge in [-0.25, -0.2) is 4.79 Å². The molecule has 7 heteroatoms. The fourth-order valence-corrected chi connectivity index (χ4v) is 0.669. The Morgan fingerprint density at radius 2 is 1.79 bits per heavy atom. The number of alkyl halides is 1. The lowest BCUT2D eigenvalue weighted by Crippen LogP contribution is -2.43. The van der Waals surface area contributed by atoms with Crippen LogP contribution in [-0.4, -0.2) is 35.8 Å². The number of rotatable bonds is 3. The summed E-state index contributed by atoms with van der Waals surface area (Å²) < 4.78 is 0. The zero-order valence-electron chi connectivity index (χ0n) is 7.16. The number of hydrogen-bond donors (Lipinski definition) is 1. The lowest BCUT2D eigenvalue weighted by molar-refractivity contribution is -0.117. The van der Waals surface area contributed by atoms with E-state index in [2.05, 4.69) is 0 Å². The zero-order valence-corrected chi connectivity index (χ0v) is 7.91. The van der Waals surface area contributed by atoms with E-state index in [-0.39, 0.29) is 19.0 Å². The maximum Gasteiger partial charge on any atom is 0.325 e. The predicted octanol–water partition coefficient (Wildman–Crippen LogP) is -0.189. The Bertz CT molecular complexity index is 288. The quantitative estimate of drug-likeness (QED) is 0.520. The largest absolute Gasteiger partial charge is 0.325 e. The Hall–Kier alpha value is -1.79. The van der Waals surface area contributed by atoms with Crippen molar-refractivity contribution >= 4 is 23.5 Å². The van der Waals surface area contributed by atoms with Crippen LogP contribution in [0.1, 0.15) is 0 Å². The first-order valence-corrected chi connectivity index (χ1v) is 4.07. The maximum absolute atomic E-state index is 11.1. The van der Waals surface area contributed by atoms with E-state index < -0.39 is 11.9 Å². The summed E-state index contributed by atoms with van der Waals surface area (Å²) in [5, 5.41) is 18.5. The van der Waals surface area contributed by atoms with Gasteiger partial charge in [-0.1, -0.05) is 0 Å². The van der Waals surface area contributed by atoms with Gasteiger partial charge in [0.15, 0.2) is 0 Å². The smallest absolute Gasteiger partial charge is 0.298 e. The number of hydrogen-bond acceptors (Lipinski definition) is 4. The van der Waals surface area contributed by atoms with Crippen LogP contribution in [0.15, 0.2) is 0 Å². The monoisotopic (exact) mass is 214 g/mol. The van der Waals surface area contributed by atoms with Crippen molar-refractivity contribution in [2.75, 3.05) is 19.0 Å². The fraction of sp³-hybridized carbons (Fsp3) is 0.429. The second-order valence-electron chi connectivity index (χ2n) is 2.16. The average Bonchev–Trinajstić information content (AvgIpc) is 2.17. The van der Waals surface area contributed by atoms with Crippen molar-refractivity contribution in [2.24, 2.45) is 0 Å². The topological polar surface area (TPSA) is 97.0 Å². The van der Waals surface area contributed by atoms with Crippen LogP contribution >= 0.6 is 11.6 Å². The molecule has 0 aliphatic carbocycles. The van der Waals surface area contributed by atoms with E-state index in [1.165, 1.54) is 0 Å². The summed E-state index contributed by atoms with van der Waals surface area (Å²) in [6.07, 6.45) is 0. The number of halogens is 1. The van der Waals surface area contributed by atoms with Gasteiger partial charge in [0, 0.05) is 0 Å². The Balaban J connectivity index is 4.24. The molecule has 1 N–H and O–H groups in total. The van der Waals surface area contributed by atoms with E-state index in [9.17, 15) is 9.59 Å². The van der Waals surface area contributed by atoms with E-state index in [1.54, 1.807) is 12.1 Å². The van der Waals surface area contributed by atoms with Gasteiger partial charge in [-0.3, -0.25) is 15.0 Å². The third kappa shape index (κ3) is 4.29. The first kappa shape index (κ1) is 12.2. The van der Waals surface area contributed by atoms with Gasteiger partial charge in [0.2, 0.25) is 5.91 Å². The van der Waals surface area contributed by atoms with Gasteiger partial charge in [-0.05, 0) is 0 Å². The molecule has 0 bridgehead atoms. The molecule has 0 radical (unpaired) electrons. The van der Waals surface area contributed by atoms with E-state index in [0.29, 0.717) is 0 Å². The summed E-state index contributed by atoms with van der Waals surface area (Å²) in [5.41, 5.74) is 0. The average molecular weight is 215 g/mol. The summed E-state index contributed by atoms with van der Waals surface area (Å²) in [6.45, 7) is -0.510. The number of amides is 3. The molecule has 0 aromatic rings. The molecule has 74 valence electrons. The van der Waals surface area contributed by atoms with E-state index in [0.717, 1.165) is 4.90 Å². The number of nitrogens with zero attached hydrogens (tertiary/aromatic N) is 3. The summed E-state index contributed by atoms with van der Waals surface area (Å²) in [6, 6.07) is 2.60. The minimum Gasteiger partial charge on any atom is -0.298 e. The normalized spacial score (nSPS) is 8.21. The third-order valence-corrected chi connectivity index (χ3v) is 1.42. The molecule has 0 aromatic heterocycles. The second kappa shape index (κ2) is 6.70. The highest BCUT2D eigenvalue weighted by Gasteiger charge is 2.14. The molecule has 0 saturated heterocycles. The molecule has 0 rings (SSSR count). The molecule has 6 nitrogen and oxygen atoms in total. The molecule has 0 saturated carbocycles. The molecule has 0 spiro atoms. The first-order valence-electron chi connectivity index (χ1n) is 3.54. The number of carbonyl (C=O) groups excluding carboxylic acids is 2. The zero-order chi connectivity index (χ0) is 11.0. The van der Waals surface area contributed by atoms with Crippen molar-refractivity contribution in [1.29, 1.82) is 10.5 Å². The lowest BCUT2D eigenvalue weighted by atomic mass is 10.5. The molecule has 0 unspecified atom stereocenters. The van der Waals surface area contributed by atoms with E-state index >= 15 is 0 Å². The molecule has 0 fully saturated rings. The van der Waals surface area contributed by atoms with Crippen LogP contribution in [0.4, 0.5) is 4.79 Å². The Morgan fingerprint density at radius 1 is 1.29 bits per heavy atom. The van der Waals surface area contributed by atoms with Crippen molar-refractivity contribution in [2.45, 2.75) is 0 Å². The number of urea groups is 1. The van der Waals surface area contributed by atoms with Gasteiger partial charge >= 0.3 is 6.03 Å². The van der Waals surface area contributed by atoms with Gasteiger partial charge in [-0.15, -0.1) is 11.6 Å². The van der Waals surface area contributed by atoms with Crippen LogP contribution in [0, 0.1) is 22.7 Å². The van der Waals surface area contributed by atoms with Gasteiger partial charge < -0.3 is 0 Å². The molecule has 3 amide bonds. The summed E-state index contributed by atoms with van der Waals surface area (Å²) in [7, 11) is 0. The highest BCUT2D eigenvalue weighted by molar-refractivity contribution is 6.28. The standard InChI is InChI=1S/C7H7ClN4O2/c8-5-6(13)11-7(14)12(3-1-9)4-2-10/h3-5H2,(H,11,13,14). The van der Waals surface area contributed by atoms with Crippen LogP contribution in [0.5, 0.6) is 0 Å². The molecular weight excluding hydrogens is 208 g/mol. The Morgan fingerprint density at radius 3 is 2.14 bits per heavy atom. The number of nitriles is 2. The third-order valence-electron chi connectivity index (χ3n) is 1.18. The SMILES string of the molecule is N#CCN(CC#N)C(=O)NC(=O)CCl. The minimum atomic E-state index is -0.793. The van der Waals surface area contributed by atoms with Gasteiger partial charge in [-0.2, -0.15) is 10.5 Å². The van der Waals surface area contributed by atoms with E-state index in [1.807, 2.05) is 5.32 Å². The molecule has 0 atom stereocenters. The van der Waals surface area contributed by atoms with Crippen LogP contribution in [0.3, 0.4) is 0 Å². The van der Waals surface area contributed by atoms with Crippen LogP contribution in [0.25, 0.3) is 0 Å². The van der Waals surface area contributed by atoms with Gasteiger partial charge in [0.05, 0.1) is 12.1 Å². The van der Waals surface area contributed by atoms with Crippen molar-refractivity contribution in [1.82, 2.24) is 10.2 Å². The Labute approximate surface area is 85.7 Å². The van der Waals surface area contributed by atoms with Gasteiger partial charge in [0.25, 0.3) is 0 Å². The van der Waals surface area contributed by atoms with Crippen LogP contribution in [-0.2, 0) is 4.79 Å². The number of imide groups is 1. The minimum absolute atomic E-state index is 0.255. The predicted molar refractivity (Wildman–Crippen MR) is 47.1 cm³/mol. The molecule has 0 aliphatic rings. The van der Waals surface area contributed by atoms with Gasteiger partial charge in [0.1, 0.15) is 19.0 Å². The van der Waals surface area contributed by atoms with E-state index in [4.69, 9.17) is 22.1 Å². The lowest BCUT2D eigenvalue weighted by Gasteiger charge is -2.14. The van der Waals surface area contributed by atoms with Crippen LogP contribution in [0.2, 0.25) is 0 Å². The highest BCUT2D eigenvalue weighted by atomic mass is 35.5. The second-order valence-corrected chi connectivity index (χ2v) is 2.43. The summed E-state index contributed by atoms with van der Waals surface area (Å²) in [5.74, 6) is -1.02. The van der Waals surface area contributed by atoms with Crippen molar-refractivity contribution in [3.63, 3.8) is 0 Å². The fourth-order valence-electron chi connectivity index (χ4n) is 0.602. The summed E-state index contributed by atoms with van der Waals surface area (Å²) >= 11 is 5.14. The van der Waals surface area contributed by atoms with Crippen molar-refractivity contribution < 1.29 is 9.59 Å². The summed E-state index contributed by atoms with van der Waals surface area (Å²) in [4.78, 5) is 22.7. The molecule has 0 heterocycles. The number of carbonyl (C=O) groups is 2. The van der Waals surface area contributed by atoms with Crippen molar-refractivity contribution in [3.8, 4) is 12.1 Å². The first-order chi connectivity index (χ1) is 6.65. The highest BCUT2D eigenvalue weighted by Crippen LogP contribution is 1.88. The molecule has 14 heavy (non-hydrogen) atoms. The molecule has 0 aliphatic heterocycles. The molecule has 0 aromatic carbocycles. The van der Waals surface area contributed by atoms with Crippen molar-refractivity contribution in [3.05, 3.63) is 0 Å². The Kier molecular flexibility index (Phi) is 5.84. The number of nitrogens with one attached hydrogen (secondary N) is 1. The molecular formula is C7H7ClN4O2.